The van der Waals surface area contributed by atoms with Crippen LogP contribution in [0.25, 0.3) is 0 Å². The first-order valence-corrected chi connectivity index (χ1v) is 5.03. The normalized spacial score (nSPS) is 25.2. The number of rotatable bonds is 4. The third-order valence-corrected chi connectivity index (χ3v) is 2.75. The summed E-state index contributed by atoms with van der Waals surface area (Å²) in [4.78, 5) is 15.9. The molecule has 0 amide bonds. The molecule has 0 saturated carbocycles. The standard InChI is InChI=1S/C10H20N2O2/c1-11-4-5-12(2)9(7-11)6-10(13)8-14-3/h9H,4-8H2,1-3H3. The molecule has 82 valence electrons. The van der Waals surface area contributed by atoms with Crippen LogP contribution in [0.15, 0.2) is 0 Å². The van der Waals surface area contributed by atoms with E-state index in [1.165, 1.54) is 0 Å². The minimum absolute atomic E-state index is 0.194. The van der Waals surface area contributed by atoms with Crippen molar-refractivity contribution in [2.75, 3.05) is 47.4 Å². The van der Waals surface area contributed by atoms with Crippen molar-refractivity contribution in [1.29, 1.82) is 0 Å². The summed E-state index contributed by atoms with van der Waals surface area (Å²) in [7, 11) is 5.74. The Morgan fingerprint density at radius 3 is 2.79 bits per heavy atom. The lowest BCUT2D eigenvalue weighted by Crippen LogP contribution is -2.50. The monoisotopic (exact) mass is 200 g/mol. The van der Waals surface area contributed by atoms with Gasteiger partial charge in [0.15, 0.2) is 5.78 Å². The largest absolute Gasteiger partial charge is 0.377 e. The van der Waals surface area contributed by atoms with Crippen LogP contribution in [-0.4, -0.2) is 69.1 Å². The van der Waals surface area contributed by atoms with Crippen LogP contribution >= 0.6 is 0 Å². The van der Waals surface area contributed by atoms with E-state index >= 15 is 0 Å². The number of methoxy groups -OCH3 is 1. The molecule has 4 nitrogen and oxygen atoms in total. The van der Waals surface area contributed by atoms with Crippen LogP contribution in [0, 0.1) is 0 Å². The van der Waals surface area contributed by atoms with Crippen molar-refractivity contribution >= 4 is 5.78 Å². The molecule has 0 aromatic heterocycles. The Labute approximate surface area is 85.8 Å². The van der Waals surface area contributed by atoms with Crippen LogP contribution in [-0.2, 0) is 9.53 Å². The van der Waals surface area contributed by atoms with E-state index in [9.17, 15) is 4.79 Å². The Hall–Kier alpha value is -0.450. The van der Waals surface area contributed by atoms with Crippen molar-refractivity contribution in [2.24, 2.45) is 0 Å². The van der Waals surface area contributed by atoms with E-state index in [1.54, 1.807) is 7.11 Å². The smallest absolute Gasteiger partial charge is 0.160 e. The third-order valence-electron chi connectivity index (χ3n) is 2.75. The van der Waals surface area contributed by atoms with Crippen molar-refractivity contribution in [1.82, 2.24) is 9.80 Å². The molecule has 4 heteroatoms. The molecule has 0 bridgehead atoms. The zero-order chi connectivity index (χ0) is 10.6. The van der Waals surface area contributed by atoms with Crippen molar-refractivity contribution in [3.05, 3.63) is 0 Å². The molecule has 0 aromatic rings. The van der Waals surface area contributed by atoms with E-state index in [4.69, 9.17) is 4.74 Å². The molecule has 1 rings (SSSR count). The Balaban J connectivity index is 2.37. The number of hydrogen-bond donors (Lipinski definition) is 0. The van der Waals surface area contributed by atoms with Crippen LogP contribution < -0.4 is 0 Å². The summed E-state index contributed by atoms with van der Waals surface area (Å²) in [5.41, 5.74) is 0. The molecule has 1 heterocycles. The molecule has 0 N–H and O–H groups in total. The minimum atomic E-state index is 0.194. The molecule has 14 heavy (non-hydrogen) atoms. The van der Waals surface area contributed by atoms with Crippen molar-refractivity contribution < 1.29 is 9.53 Å². The molecule has 1 aliphatic heterocycles. The van der Waals surface area contributed by atoms with E-state index in [0.29, 0.717) is 12.5 Å². The van der Waals surface area contributed by atoms with E-state index in [2.05, 4.69) is 23.9 Å². The summed E-state index contributed by atoms with van der Waals surface area (Å²) >= 11 is 0. The van der Waals surface area contributed by atoms with E-state index < -0.39 is 0 Å². The van der Waals surface area contributed by atoms with Gasteiger partial charge in [-0.15, -0.1) is 0 Å². The van der Waals surface area contributed by atoms with Gasteiger partial charge in [0.2, 0.25) is 0 Å². The predicted octanol–water partition coefficient (Wildman–Crippen LogP) is -0.162. The van der Waals surface area contributed by atoms with Crippen molar-refractivity contribution in [2.45, 2.75) is 12.5 Å². The number of carbonyl (C=O) groups is 1. The topological polar surface area (TPSA) is 32.8 Å². The predicted molar refractivity (Wildman–Crippen MR) is 55.4 cm³/mol. The third kappa shape index (κ3) is 3.36. The van der Waals surface area contributed by atoms with Gasteiger partial charge < -0.3 is 14.5 Å². The minimum Gasteiger partial charge on any atom is -0.377 e. The number of ether oxygens (including phenoxy) is 1. The summed E-state index contributed by atoms with van der Waals surface area (Å²) in [6.45, 7) is 3.35. The molecular formula is C10H20N2O2. The Kier molecular flexibility index (Phi) is 4.51. The average Bonchev–Trinajstić information content (AvgIpc) is 2.12. The first kappa shape index (κ1) is 11.6. The number of ketones is 1. The highest BCUT2D eigenvalue weighted by atomic mass is 16.5. The fraction of sp³-hybridized carbons (Fsp3) is 0.900. The van der Waals surface area contributed by atoms with Crippen molar-refractivity contribution in [3.8, 4) is 0 Å². The molecule has 0 aromatic carbocycles. The van der Waals surface area contributed by atoms with Gasteiger partial charge in [0, 0.05) is 39.2 Å². The van der Waals surface area contributed by atoms with Gasteiger partial charge in [0.1, 0.15) is 6.61 Å². The lowest BCUT2D eigenvalue weighted by molar-refractivity contribution is -0.124. The second-order valence-corrected chi connectivity index (χ2v) is 4.07. The Morgan fingerprint density at radius 2 is 2.14 bits per heavy atom. The number of piperazine rings is 1. The van der Waals surface area contributed by atoms with Gasteiger partial charge in [-0.1, -0.05) is 0 Å². The van der Waals surface area contributed by atoms with Crippen LogP contribution in [0.4, 0.5) is 0 Å². The van der Waals surface area contributed by atoms with Crippen LogP contribution in [0.5, 0.6) is 0 Å². The second-order valence-electron chi connectivity index (χ2n) is 4.07. The first-order chi connectivity index (χ1) is 6.63. The Bertz CT molecular complexity index is 197. The lowest BCUT2D eigenvalue weighted by atomic mass is 10.1. The molecule has 1 saturated heterocycles. The number of Topliss-reactive ketones (excluding diaryl/α,β-unsaturated/α-hetero) is 1. The number of carbonyl (C=O) groups excluding carboxylic acids is 1. The quantitative estimate of drug-likeness (QED) is 0.631. The van der Waals surface area contributed by atoms with E-state index in [1.807, 2.05) is 0 Å². The lowest BCUT2D eigenvalue weighted by Gasteiger charge is -2.37. The van der Waals surface area contributed by atoms with Crippen LogP contribution in [0.2, 0.25) is 0 Å². The molecule has 0 spiro atoms. The average molecular weight is 200 g/mol. The van der Waals surface area contributed by atoms with Gasteiger partial charge in [-0.25, -0.2) is 0 Å². The van der Waals surface area contributed by atoms with Gasteiger partial charge in [-0.05, 0) is 14.1 Å². The fourth-order valence-electron chi connectivity index (χ4n) is 1.80. The number of nitrogens with zero attached hydrogens (tertiary/aromatic N) is 2. The molecular weight excluding hydrogens is 180 g/mol. The highest BCUT2D eigenvalue weighted by molar-refractivity contribution is 5.80. The van der Waals surface area contributed by atoms with Gasteiger partial charge in [0.05, 0.1) is 0 Å². The number of likely N-dealkylation sites (N-methyl/N-ethyl adjacent to an activating group) is 2. The molecule has 1 fully saturated rings. The summed E-state index contributed by atoms with van der Waals surface area (Å²) in [5.74, 6) is 0.194. The summed E-state index contributed by atoms with van der Waals surface area (Å²) in [5, 5.41) is 0. The van der Waals surface area contributed by atoms with E-state index in [0.717, 1.165) is 19.6 Å². The van der Waals surface area contributed by atoms with Gasteiger partial charge in [-0.3, -0.25) is 4.79 Å². The maximum Gasteiger partial charge on any atom is 0.160 e. The summed E-state index contributed by atoms with van der Waals surface area (Å²) < 4.78 is 4.83. The highest BCUT2D eigenvalue weighted by Gasteiger charge is 2.23. The van der Waals surface area contributed by atoms with Gasteiger partial charge in [-0.2, -0.15) is 0 Å². The maximum absolute atomic E-state index is 11.4. The van der Waals surface area contributed by atoms with Crippen molar-refractivity contribution in [3.63, 3.8) is 0 Å². The molecule has 1 atom stereocenters. The van der Waals surface area contributed by atoms with Gasteiger partial charge >= 0.3 is 0 Å². The highest BCUT2D eigenvalue weighted by Crippen LogP contribution is 2.09. The molecule has 0 aliphatic carbocycles. The van der Waals surface area contributed by atoms with Crippen LogP contribution in [0.3, 0.4) is 0 Å². The Morgan fingerprint density at radius 1 is 1.43 bits per heavy atom. The first-order valence-electron chi connectivity index (χ1n) is 5.03. The summed E-state index contributed by atoms with van der Waals surface area (Å²) in [6.07, 6.45) is 0.606. The maximum atomic E-state index is 11.4. The molecule has 0 radical (unpaired) electrons. The van der Waals surface area contributed by atoms with Gasteiger partial charge in [0.25, 0.3) is 0 Å². The molecule has 1 aliphatic rings. The second kappa shape index (κ2) is 5.44. The molecule has 1 unspecified atom stereocenters. The number of hydrogen-bond acceptors (Lipinski definition) is 4. The SMILES string of the molecule is COCC(=O)CC1CN(C)CCN1C. The fourth-order valence-corrected chi connectivity index (χ4v) is 1.80. The summed E-state index contributed by atoms with van der Waals surface area (Å²) in [6, 6.07) is 0.358. The zero-order valence-corrected chi connectivity index (χ0v) is 9.32. The van der Waals surface area contributed by atoms with E-state index in [-0.39, 0.29) is 12.4 Å². The van der Waals surface area contributed by atoms with Crippen LogP contribution in [0.1, 0.15) is 6.42 Å². The zero-order valence-electron chi connectivity index (χ0n) is 9.32.